The van der Waals surface area contributed by atoms with Crippen LogP contribution in [0.5, 0.6) is 0 Å². The Balaban J connectivity index is 2.83. The Morgan fingerprint density at radius 3 is 2.81 bits per heavy atom. The van der Waals surface area contributed by atoms with Gasteiger partial charge in [-0.2, -0.15) is 5.26 Å². The van der Waals surface area contributed by atoms with E-state index in [1.807, 2.05) is 0 Å². The summed E-state index contributed by atoms with van der Waals surface area (Å²) < 4.78 is 25.2. The van der Waals surface area contributed by atoms with Gasteiger partial charge in [-0.3, -0.25) is 0 Å². The largest absolute Gasteiger partial charge is 0.477 e. The van der Waals surface area contributed by atoms with Gasteiger partial charge in [-0.25, -0.2) is 17.9 Å². The molecular weight excluding hydrogens is 234 g/mol. The summed E-state index contributed by atoms with van der Waals surface area (Å²) in [6.45, 7) is -0.00752. The van der Waals surface area contributed by atoms with Crippen LogP contribution in [0, 0.1) is 11.3 Å². The van der Waals surface area contributed by atoms with E-state index in [1.165, 1.54) is 0 Å². The molecule has 86 valence electrons. The van der Waals surface area contributed by atoms with Gasteiger partial charge in [0.15, 0.2) is 0 Å². The third kappa shape index (κ3) is 2.82. The molecule has 1 heterocycles. The van der Waals surface area contributed by atoms with Gasteiger partial charge in [0.05, 0.1) is 6.07 Å². The lowest BCUT2D eigenvalue weighted by Gasteiger charge is -2.00. The summed E-state index contributed by atoms with van der Waals surface area (Å²) >= 11 is 0. The first-order valence-corrected chi connectivity index (χ1v) is 5.74. The van der Waals surface area contributed by atoms with Gasteiger partial charge < -0.3 is 10.1 Å². The van der Waals surface area contributed by atoms with Gasteiger partial charge in [0.25, 0.3) is 0 Å². The van der Waals surface area contributed by atoms with E-state index in [1.54, 1.807) is 6.07 Å². The quantitative estimate of drug-likeness (QED) is 0.623. The van der Waals surface area contributed by atoms with Crippen molar-refractivity contribution in [2.75, 3.05) is 6.54 Å². The highest BCUT2D eigenvalue weighted by Gasteiger charge is 2.17. The number of hydrogen-bond acceptors (Lipinski definition) is 4. The predicted octanol–water partition coefficient (Wildman–Crippen LogP) is -0.0951. The lowest BCUT2D eigenvalue weighted by molar-refractivity contribution is 0.0691. The molecule has 0 amide bonds. The van der Waals surface area contributed by atoms with Gasteiger partial charge in [0.2, 0.25) is 10.0 Å². The highest BCUT2D eigenvalue weighted by atomic mass is 32.2. The standard InChI is InChI=1S/C8H9N3O4S/c9-2-1-3-11-16(14,15)6-4-7(8(12)13)10-5-6/h4-5,10-11H,1,3H2,(H,12,13). The number of sulfonamides is 1. The number of rotatable bonds is 5. The predicted molar refractivity (Wildman–Crippen MR) is 53.2 cm³/mol. The topological polar surface area (TPSA) is 123 Å². The SMILES string of the molecule is N#CCCNS(=O)(=O)c1c[nH]c(C(=O)O)c1. The van der Waals surface area contributed by atoms with Crippen LogP contribution in [0.25, 0.3) is 0 Å². The van der Waals surface area contributed by atoms with E-state index in [0.29, 0.717) is 0 Å². The van der Waals surface area contributed by atoms with Crippen LogP contribution in [0.1, 0.15) is 16.9 Å². The van der Waals surface area contributed by atoms with Crippen LogP contribution >= 0.6 is 0 Å². The van der Waals surface area contributed by atoms with Crippen molar-refractivity contribution in [3.8, 4) is 6.07 Å². The summed E-state index contributed by atoms with van der Waals surface area (Å²) in [5.41, 5.74) is -0.208. The zero-order chi connectivity index (χ0) is 12.2. The number of carbonyl (C=O) groups is 1. The van der Waals surface area contributed by atoms with Gasteiger partial charge in [-0.15, -0.1) is 0 Å². The third-order valence-corrected chi connectivity index (χ3v) is 3.17. The monoisotopic (exact) mass is 243 g/mol. The van der Waals surface area contributed by atoms with Crippen molar-refractivity contribution < 1.29 is 18.3 Å². The molecule has 16 heavy (non-hydrogen) atoms. The minimum absolute atomic E-state index is 0.00752. The Morgan fingerprint density at radius 1 is 1.62 bits per heavy atom. The highest BCUT2D eigenvalue weighted by Crippen LogP contribution is 2.10. The molecule has 0 aromatic carbocycles. The molecule has 1 rings (SSSR count). The van der Waals surface area contributed by atoms with E-state index < -0.39 is 16.0 Å². The molecule has 0 saturated carbocycles. The Morgan fingerprint density at radius 2 is 2.31 bits per heavy atom. The summed E-state index contributed by atoms with van der Waals surface area (Å²) in [5.74, 6) is -1.24. The number of nitriles is 1. The van der Waals surface area contributed by atoms with Gasteiger partial charge in [0.1, 0.15) is 10.6 Å². The maximum Gasteiger partial charge on any atom is 0.352 e. The molecule has 0 aliphatic heterocycles. The van der Waals surface area contributed by atoms with Crippen molar-refractivity contribution in [3.05, 3.63) is 18.0 Å². The fraction of sp³-hybridized carbons (Fsp3) is 0.250. The third-order valence-electron chi connectivity index (χ3n) is 1.73. The molecule has 7 nitrogen and oxygen atoms in total. The molecule has 0 fully saturated rings. The Labute approximate surface area is 91.8 Å². The van der Waals surface area contributed by atoms with Crippen molar-refractivity contribution in [1.82, 2.24) is 9.71 Å². The van der Waals surface area contributed by atoms with Gasteiger partial charge in [-0.1, -0.05) is 0 Å². The average Bonchev–Trinajstić information content (AvgIpc) is 2.67. The first-order chi connectivity index (χ1) is 7.47. The summed E-state index contributed by atoms with van der Waals surface area (Å²) in [7, 11) is -3.74. The van der Waals surface area contributed by atoms with Gasteiger partial charge >= 0.3 is 5.97 Å². The van der Waals surface area contributed by atoms with Crippen LogP contribution < -0.4 is 4.72 Å². The number of nitrogens with one attached hydrogen (secondary N) is 2. The Hall–Kier alpha value is -1.85. The zero-order valence-corrected chi connectivity index (χ0v) is 8.91. The van der Waals surface area contributed by atoms with Crippen LogP contribution in [-0.2, 0) is 10.0 Å². The number of aromatic amines is 1. The van der Waals surface area contributed by atoms with Crippen LogP contribution in [-0.4, -0.2) is 31.0 Å². The first kappa shape index (κ1) is 12.2. The van der Waals surface area contributed by atoms with Crippen LogP contribution in [0.15, 0.2) is 17.2 Å². The Kier molecular flexibility index (Phi) is 3.65. The number of carboxylic acid groups (broad SMARTS) is 1. The zero-order valence-electron chi connectivity index (χ0n) is 8.10. The van der Waals surface area contributed by atoms with Crippen LogP contribution in [0.3, 0.4) is 0 Å². The number of carboxylic acids is 1. The Bertz CT molecular complexity index is 526. The van der Waals surface area contributed by atoms with E-state index in [9.17, 15) is 13.2 Å². The molecule has 0 saturated heterocycles. The average molecular weight is 243 g/mol. The van der Waals surface area contributed by atoms with Crippen molar-refractivity contribution in [1.29, 1.82) is 5.26 Å². The summed E-state index contributed by atoms with van der Waals surface area (Å²) in [4.78, 5) is 12.7. The van der Waals surface area contributed by atoms with Crippen molar-refractivity contribution >= 4 is 16.0 Å². The molecule has 0 bridgehead atoms. The van der Waals surface area contributed by atoms with Gasteiger partial charge in [0, 0.05) is 19.2 Å². The van der Waals surface area contributed by atoms with E-state index in [2.05, 4.69) is 9.71 Å². The van der Waals surface area contributed by atoms with E-state index >= 15 is 0 Å². The molecule has 1 aromatic heterocycles. The summed E-state index contributed by atoms with van der Waals surface area (Å²) in [6.07, 6.45) is 1.13. The second-order valence-electron chi connectivity index (χ2n) is 2.86. The molecule has 1 aromatic rings. The molecule has 0 radical (unpaired) electrons. The number of aromatic nitrogens is 1. The maximum atomic E-state index is 11.5. The summed E-state index contributed by atoms with van der Waals surface area (Å²) in [5, 5.41) is 16.8. The highest BCUT2D eigenvalue weighted by molar-refractivity contribution is 7.89. The fourth-order valence-electron chi connectivity index (χ4n) is 0.978. The van der Waals surface area contributed by atoms with Crippen molar-refractivity contribution in [2.45, 2.75) is 11.3 Å². The molecule has 0 aliphatic rings. The van der Waals surface area contributed by atoms with E-state index in [0.717, 1.165) is 12.3 Å². The number of H-pyrrole nitrogens is 1. The number of aromatic carboxylic acids is 1. The minimum atomic E-state index is -3.74. The number of nitrogens with zero attached hydrogens (tertiary/aromatic N) is 1. The molecule has 0 spiro atoms. The van der Waals surface area contributed by atoms with Crippen molar-refractivity contribution in [3.63, 3.8) is 0 Å². The van der Waals surface area contributed by atoms with E-state index in [4.69, 9.17) is 10.4 Å². The maximum absolute atomic E-state index is 11.5. The number of hydrogen-bond donors (Lipinski definition) is 3. The van der Waals surface area contributed by atoms with Crippen LogP contribution in [0.2, 0.25) is 0 Å². The lowest BCUT2D eigenvalue weighted by atomic mass is 10.4. The lowest BCUT2D eigenvalue weighted by Crippen LogP contribution is -2.24. The molecule has 8 heteroatoms. The molecule has 3 N–H and O–H groups in total. The molecule has 0 aliphatic carbocycles. The molecular formula is C8H9N3O4S. The fourth-order valence-corrected chi connectivity index (χ4v) is 2.00. The molecule has 0 atom stereocenters. The second-order valence-corrected chi connectivity index (χ2v) is 4.63. The first-order valence-electron chi connectivity index (χ1n) is 4.25. The summed E-state index contributed by atoms with van der Waals surface area (Å²) in [6, 6.07) is 2.80. The minimum Gasteiger partial charge on any atom is -0.477 e. The van der Waals surface area contributed by atoms with Crippen LogP contribution in [0.4, 0.5) is 0 Å². The second kappa shape index (κ2) is 4.78. The van der Waals surface area contributed by atoms with Crippen molar-refractivity contribution in [2.24, 2.45) is 0 Å². The smallest absolute Gasteiger partial charge is 0.352 e. The van der Waals surface area contributed by atoms with Gasteiger partial charge in [-0.05, 0) is 6.07 Å². The van der Waals surface area contributed by atoms with E-state index in [-0.39, 0.29) is 23.6 Å². The normalized spacial score (nSPS) is 10.9. The molecule has 0 unspecified atom stereocenters.